The number of rotatable bonds is 7. The zero-order valence-electron chi connectivity index (χ0n) is 22.3. The molecule has 0 unspecified atom stereocenters. The number of ether oxygens (including phenoxy) is 1. The van der Waals surface area contributed by atoms with Crippen molar-refractivity contribution in [1.82, 2.24) is 20.3 Å². The van der Waals surface area contributed by atoms with Crippen LogP contribution in [-0.2, 0) is 14.8 Å². The second-order valence-electron chi connectivity index (χ2n) is 9.15. The Bertz CT molecular complexity index is 1750. The summed E-state index contributed by atoms with van der Waals surface area (Å²) >= 11 is 7.57. The largest absolute Gasteiger partial charge is 0.490 e. The number of halogens is 5. The number of aliphatic carboxylic acids is 1. The van der Waals surface area contributed by atoms with Crippen LogP contribution in [0.3, 0.4) is 0 Å². The summed E-state index contributed by atoms with van der Waals surface area (Å²) in [7, 11) is -4.03. The predicted octanol–water partition coefficient (Wildman–Crippen LogP) is 5.30. The molecule has 1 atom stereocenters. The van der Waals surface area contributed by atoms with Gasteiger partial charge >= 0.3 is 12.1 Å². The Kier molecular flexibility index (Phi) is 10.4. The van der Waals surface area contributed by atoms with E-state index in [-0.39, 0.29) is 27.6 Å². The Morgan fingerprint density at radius 3 is 2.59 bits per heavy atom. The number of benzene rings is 2. The van der Waals surface area contributed by atoms with E-state index in [4.69, 9.17) is 31.4 Å². The maximum Gasteiger partial charge on any atom is 0.490 e. The molecular weight excluding hydrogens is 652 g/mol. The number of aromatic nitrogens is 3. The third-order valence-electron chi connectivity index (χ3n) is 6.01. The van der Waals surface area contributed by atoms with Gasteiger partial charge in [-0.25, -0.2) is 37.7 Å². The van der Waals surface area contributed by atoms with E-state index in [1.807, 2.05) is 0 Å². The number of thiazole rings is 1. The minimum Gasteiger partial charge on any atom is -0.475 e. The monoisotopic (exact) mass is 674 g/mol. The van der Waals surface area contributed by atoms with Gasteiger partial charge in [-0.2, -0.15) is 13.2 Å². The number of carboxylic acid groups (broad SMARTS) is 1. The number of primary sulfonamides is 1. The number of carbonyl (C=O) groups is 1. The van der Waals surface area contributed by atoms with Gasteiger partial charge < -0.3 is 20.5 Å². The van der Waals surface area contributed by atoms with E-state index in [1.165, 1.54) is 35.6 Å². The van der Waals surface area contributed by atoms with Gasteiger partial charge in [0, 0.05) is 24.3 Å². The highest BCUT2D eigenvalue weighted by Crippen LogP contribution is 2.38. The van der Waals surface area contributed by atoms with Gasteiger partial charge in [0.15, 0.2) is 11.6 Å². The molecule has 4 aromatic rings. The molecule has 1 aliphatic rings. The molecule has 234 valence electrons. The molecule has 1 aliphatic heterocycles. The van der Waals surface area contributed by atoms with Crippen LogP contribution in [0.5, 0.6) is 11.6 Å². The summed E-state index contributed by atoms with van der Waals surface area (Å²) in [6.07, 6.45) is -1.32. The van der Waals surface area contributed by atoms with E-state index in [1.54, 1.807) is 29.9 Å². The highest BCUT2D eigenvalue weighted by molar-refractivity contribution is 7.89. The first-order chi connectivity index (χ1) is 20.7. The van der Waals surface area contributed by atoms with Crippen LogP contribution in [0, 0.1) is 5.82 Å². The molecule has 3 heterocycles. The second-order valence-corrected chi connectivity index (χ2v) is 11.9. The van der Waals surface area contributed by atoms with Crippen molar-refractivity contribution in [2.24, 2.45) is 5.14 Å². The van der Waals surface area contributed by atoms with Gasteiger partial charge in [-0.15, -0.1) is 11.3 Å². The number of sulfonamides is 1. The van der Waals surface area contributed by atoms with Gasteiger partial charge in [0.2, 0.25) is 21.9 Å². The zero-order chi connectivity index (χ0) is 32.1. The fourth-order valence-corrected chi connectivity index (χ4v) is 5.87. The van der Waals surface area contributed by atoms with Crippen LogP contribution in [0.4, 0.5) is 23.5 Å². The van der Waals surface area contributed by atoms with Gasteiger partial charge in [-0.05, 0) is 49.2 Å². The molecule has 44 heavy (non-hydrogen) atoms. The van der Waals surface area contributed by atoms with Crippen LogP contribution >= 0.6 is 22.9 Å². The molecule has 0 amide bonds. The molecule has 1 saturated heterocycles. The molecule has 0 spiro atoms. The van der Waals surface area contributed by atoms with E-state index in [9.17, 15) is 21.6 Å². The third kappa shape index (κ3) is 8.38. The smallest absolute Gasteiger partial charge is 0.475 e. The number of piperidine rings is 1. The van der Waals surface area contributed by atoms with Crippen LogP contribution in [0.15, 0.2) is 59.1 Å². The predicted molar refractivity (Wildman–Crippen MR) is 155 cm³/mol. The first kappa shape index (κ1) is 33.0. The van der Waals surface area contributed by atoms with E-state index in [0.29, 0.717) is 27.6 Å². The van der Waals surface area contributed by atoms with Crippen molar-refractivity contribution in [3.05, 3.63) is 65.0 Å². The molecule has 5 N–H and O–H groups in total. The maximum absolute atomic E-state index is 15.1. The van der Waals surface area contributed by atoms with Crippen LogP contribution < -0.4 is 20.5 Å². The van der Waals surface area contributed by atoms with Gasteiger partial charge in [-0.3, -0.25) is 0 Å². The molecule has 18 heteroatoms. The van der Waals surface area contributed by atoms with E-state index in [0.717, 1.165) is 25.9 Å². The number of nitrogens with two attached hydrogens (primary N) is 1. The Morgan fingerprint density at radius 2 is 1.95 bits per heavy atom. The lowest BCUT2D eigenvalue weighted by molar-refractivity contribution is -0.192. The Hall–Kier alpha value is -3.90. The molecular formula is C26H23ClF4N6O5S2. The molecule has 0 aliphatic carbocycles. The lowest BCUT2D eigenvalue weighted by Gasteiger charge is -2.23. The number of hydrogen-bond donors (Lipinski definition) is 4. The van der Waals surface area contributed by atoms with Crippen LogP contribution in [0.1, 0.15) is 12.8 Å². The van der Waals surface area contributed by atoms with Crippen molar-refractivity contribution in [3.8, 4) is 33.3 Å². The molecule has 2 aromatic heterocycles. The number of nitrogens with one attached hydrogen (secondary N) is 2. The van der Waals surface area contributed by atoms with Gasteiger partial charge in [0.1, 0.15) is 9.77 Å². The summed E-state index contributed by atoms with van der Waals surface area (Å²) in [5.41, 5.74) is 2.88. The van der Waals surface area contributed by atoms with E-state index in [2.05, 4.69) is 25.6 Å². The highest BCUT2D eigenvalue weighted by atomic mass is 35.5. The SMILES string of the molecule is NS(=O)(=O)c1cccc(-c2ccc(Oc3ncsc3-c3ccnc(N[C@H]4CCCNC4)n3)c(F)c2)c1Cl.O=C(O)C(F)(F)F. The van der Waals surface area contributed by atoms with E-state index < -0.39 is 28.0 Å². The lowest BCUT2D eigenvalue weighted by Crippen LogP contribution is -2.38. The number of nitrogens with zero attached hydrogens (tertiary/aromatic N) is 3. The number of alkyl halides is 3. The summed E-state index contributed by atoms with van der Waals surface area (Å²) < 4.78 is 76.2. The van der Waals surface area contributed by atoms with Crippen molar-refractivity contribution in [2.45, 2.75) is 30.0 Å². The van der Waals surface area contributed by atoms with Crippen molar-refractivity contribution in [1.29, 1.82) is 0 Å². The fraction of sp³-hybridized carbons (Fsp3) is 0.231. The van der Waals surface area contributed by atoms with Crippen molar-refractivity contribution in [3.63, 3.8) is 0 Å². The lowest BCUT2D eigenvalue weighted by atomic mass is 10.1. The van der Waals surface area contributed by atoms with Crippen molar-refractivity contribution >= 4 is 44.9 Å². The first-order valence-electron chi connectivity index (χ1n) is 12.6. The standard InChI is InChI=1S/C24H22ClFN6O3S2.C2HF3O2/c25-21-16(4-1-5-20(21)37(27,33)34)14-6-7-19(17(26)11-14)35-23-22(36-13-30-23)18-8-10-29-24(32-18)31-15-3-2-9-28-12-15;3-2(4,5)1(6)7/h1,4-8,10-11,13,15,28H,2-3,9,12H2,(H2,27,33,34)(H,29,31,32);(H,6,7)/t15-;/m0./s1. The molecule has 0 saturated carbocycles. The van der Waals surface area contributed by atoms with Crippen molar-refractivity contribution in [2.75, 3.05) is 18.4 Å². The molecule has 0 bridgehead atoms. The number of hydrogen-bond acceptors (Lipinski definition) is 10. The average Bonchev–Trinajstić information content (AvgIpc) is 3.42. The van der Waals surface area contributed by atoms with E-state index >= 15 is 4.39 Å². The summed E-state index contributed by atoms with van der Waals surface area (Å²) in [4.78, 5) is 22.4. The molecule has 11 nitrogen and oxygen atoms in total. The normalized spacial score (nSPS) is 15.2. The van der Waals surface area contributed by atoms with Crippen molar-refractivity contribution < 1.29 is 40.6 Å². The second kappa shape index (κ2) is 13.8. The minimum atomic E-state index is -5.08. The average molecular weight is 675 g/mol. The summed E-state index contributed by atoms with van der Waals surface area (Å²) in [6, 6.07) is 10.5. The fourth-order valence-electron chi connectivity index (χ4n) is 4.00. The summed E-state index contributed by atoms with van der Waals surface area (Å²) in [6.45, 7) is 1.85. The van der Waals surface area contributed by atoms with Crippen LogP contribution in [-0.4, -0.2) is 59.8 Å². The third-order valence-corrected chi connectivity index (χ3v) is 8.32. The summed E-state index contributed by atoms with van der Waals surface area (Å²) in [5.74, 6) is -2.79. The van der Waals surface area contributed by atoms with Crippen LogP contribution in [0.25, 0.3) is 21.7 Å². The number of carboxylic acids is 1. The molecule has 5 rings (SSSR count). The first-order valence-corrected chi connectivity index (χ1v) is 15.4. The molecule has 2 aromatic carbocycles. The Balaban J connectivity index is 0.000000566. The maximum atomic E-state index is 15.1. The quantitative estimate of drug-likeness (QED) is 0.189. The minimum absolute atomic E-state index is 0.0599. The zero-order valence-corrected chi connectivity index (χ0v) is 24.7. The highest BCUT2D eigenvalue weighted by Gasteiger charge is 2.38. The Labute approximate surface area is 257 Å². The molecule has 1 fully saturated rings. The van der Waals surface area contributed by atoms with Gasteiger partial charge in [-0.1, -0.05) is 29.8 Å². The van der Waals surface area contributed by atoms with Crippen LogP contribution in [0.2, 0.25) is 5.02 Å². The van der Waals surface area contributed by atoms with Gasteiger partial charge in [0.25, 0.3) is 0 Å². The molecule has 0 radical (unpaired) electrons. The summed E-state index contributed by atoms with van der Waals surface area (Å²) in [5, 5.41) is 19.0. The van der Waals surface area contributed by atoms with Gasteiger partial charge in [0.05, 0.1) is 16.2 Å². The number of anilines is 1. The Morgan fingerprint density at radius 1 is 1.20 bits per heavy atom. The topological polar surface area (TPSA) is 169 Å².